The molecule has 14 heavy (non-hydrogen) atoms. The Kier molecular flexibility index (Phi) is 4.33. The van der Waals surface area contributed by atoms with Crippen LogP contribution in [0.2, 0.25) is 0 Å². The summed E-state index contributed by atoms with van der Waals surface area (Å²) < 4.78 is 0.792. The lowest BCUT2D eigenvalue weighted by Crippen LogP contribution is -2.27. The Bertz CT molecular complexity index is 485. The summed E-state index contributed by atoms with van der Waals surface area (Å²) in [5, 5.41) is 2.34. The predicted molar refractivity (Wildman–Crippen MR) is 67.0 cm³/mol. The normalized spacial score (nSPS) is 12.4. The molecule has 0 fully saturated rings. The molecule has 76 valence electrons. The number of hydrogen-bond acceptors (Lipinski definition) is 1. The lowest BCUT2D eigenvalue weighted by Gasteiger charge is -1.88. The molecule has 2 heteroatoms. The Labute approximate surface area is 91.0 Å². The largest absolute Gasteiger partial charge is 0.346 e. The standard InChI is InChI=1S/C10H9NS.C2H6.H2/c12-10-7-6-8-4-2-1-3-5-9(8)11-10;1-2;/h1-2,4-7H,3H2,(H,11,12);1-2H3;1H. The van der Waals surface area contributed by atoms with Crippen molar-refractivity contribution in [1.82, 2.24) is 4.98 Å². The fourth-order valence-corrected chi connectivity index (χ4v) is 1.43. The van der Waals surface area contributed by atoms with Crippen molar-refractivity contribution in [3.63, 3.8) is 0 Å². The molecule has 1 N–H and O–H groups in total. The molecule has 1 aromatic heterocycles. The number of allylic oxidation sites excluding steroid dienone is 2. The fraction of sp³-hybridized carbons (Fsp3) is 0.250. The van der Waals surface area contributed by atoms with Gasteiger partial charge in [-0.3, -0.25) is 0 Å². The first-order valence-corrected chi connectivity index (χ1v) is 5.33. The Morgan fingerprint density at radius 1 is 1.36 bits per heavy atom. The molecule has 0 saturated carbocycles. The average molecular weight is 207 g/mol. The predicted octanol–water partition coefficient (Wildman–Crippen LogP) is 2.54. The number of pyridine rings is 1. The van der Waals surface area contributed by atoms with Crippen molar-refractivity contribution in [2.75, 3.05) is 0 Å². The first-order valence-electron chi connectivity index (χ1n) is 4.93. The lowest BCUT2D eigenvalue weighted by atomic mass is 10.3. The van der Waals surface area contributed by atoms with Crippen molar-refractivity contribution in [2.24, 2.45) is 0 Å². The van der Waals surface area contributed by atoms with Crippen molar-refractivity contribution in [3.8, 4) is 0 Å². The number of aromatic amines is 1. The quantitative estimate of drug-likeness (QED) is 0.646. The summed E-state index contributed by atoms with van der Waals surface area (Å²) in [7, 11) is 0. The number of rotatable bonds is 0. The lowest BCUT2D eigenvalue weighted by molar-refractivity contribution is 1.19. The average Bonchev–Trinajstić information content (AvgIpc) is 2.45. The Morgan fingerprint density at radius 2 is 2.14 bits per heavy atom. The SMILES string of the molecule is CC.S=c1ccc2c([nH]1)=CCC=CC=2.[HH]. The van der Waals surface area contributed by atoms with Crippen LogP contribution in [-0.4, -0.2) is 4.98 Å². The van der Waals surface area contributed by atoms with E-state index in [2.05, 4.69) is 29.3 Å². The van der Waals surface area contributed by atoms with Gasteiger partial charge in [0, 0.05) is 6.78 Å². The van der Waals surface area contributed by atoms with E-state index < -0.39 is 0 Å². The van der Waals surface area contributed by atoms with Gasteiger partial charge in [-0.1, -0.05) is 50.4 Å². The van der Waals surface area contributed by atoms with Gasteiger partial charge in [0.1, 0.15) is 4.64 Å². The molecular formula is C12H17NS. The summed E-state index contributed by atoms with van der Waals surface area (Å²) in [5.74, 6) is 0. The maximum absolute atomic E-state index is 5.03. The Morgan fingerprint density at radius 3 is 2.93 bits per heavy atom. The molecule has 0 saturated heterocycles. The molecule has 2 rings (SSSR count). The summed E-state index contributed by atoms with van der Waals surface area (Å²) in [6.07, 6.45) is 9.39. The molecule has 0 aromatic carbocycles. The number of H-pyrrole nitrogens is 1. The molecular weight excluding hydrogens is 190 g/mol. The zero-order valence-electron chi connectivity index (χ0n) is 8.58. The molecule has 0 radical (unpaired) electrons. The van der Waals surface area contributed by atoms with Crippen molar-refractivity contribution >= 4 is 24.4 Å². The highest BCUT2D eigenvalue weighted by Crippen LogP contribution is 1.87. The van der Waals surface area contributed by atoms with Crippen molar-refractivity contribution < 1.29 is 1.43 Å². The molecule has 1 aliphatic rings. The number of hydrogen-bond donors (Lipinski definition) is 1. The summed E-state index contributed by atoms with van der Waals surface area (Å²) in [6, 6.07) is 3.96. The topological polar surface area (TPSA) is 15.8 Å². The number of fused-ring (bicyclic) bond motifs is 1. The summed E-state index contributed by atoms with van der Waals surface area (Å²) in [6.45, 7) is 4.00. The van der Waals surface area contributed by atoms with Gasteiger partial charge < -0.3 is 4.98 Å². The van der Waals surface area contributed by atoms with E-state index in [0.29, 0.717) is 0 Å². The molecule has 0 spiro atoms. The Hall–Kier alpha value is -1.15. The molecule has 0 unspecified atom stereocenters. The first-order chi connectivity index (χ1) is 6.86. The number of nitrogens with one attached hydrogen (secondary N) is 1. The molecule has 0 bridgehead atoms. The second kappa shape index (κ2) is 5.55. The van der Waals surface area contributed by atoms with Gasteiger partial charge >= 0.3 is 0 Å². The van der Waals surface area contributed by atoms with Gasteiger partial charge in [0.25, 0.3) is 0 Å². The summed E-state index contributed by atoms with van der Waals surface area (Å²) in [5.41, 5.74) is 0. The van der Waals surface area contributed by atoms with Gasteiger partial charge in [-0.05, 0) is 23.8 Å². The van der Waals surface area contributed by atoms with Crippen molar-refractivity contribution in [3.05, 3.63) is 39.5 Å². The number of aromatic nitrogens is 1. The van der Waals surface area contributed by atoms with Gasteiger partial charge in [-0.2, -0.15) is 0 Å². The maximum Gasteiger partial charge on any atom is 0.103 e. The van der Waals surface area contributed by atoms with E-state index >= 15 is 0 Å². The molecule has 0 amide bonds. The van der Waals surface area contributed by atoms with E-state index in [1.165, 1.54) is 5.22 Å². The van der Waals surface area contributed by atoms with Crippen LogP contribution in [0.5, 0.6) is 0 Å². The third-order valence-electron chi connectivity index (χ3n) is 1.85. The minimum Gasteiger partial charge on any atom is -0.346 e. The smallest absolute Gasteiger partial charge is 0.103 e. The zero-order valence-corrected chi connectivity index (χ0v) is 9.40. The van der Waals surface area contributed by atoms with Gasteiger partial charge in [-0.15, -0.1) is 0 Å². The van der Waals surface area contributed by atoms with E-state index in [1.54, 1.807) is 0 Å². The van der Waals surface area contributed by atoms with E-state index in [9.17, 15) is 0 Å². The minimum atomic E-state index is 0. The summed E-state index contributed by atoms with van der Waals surface area (Å²) in [4.78, 5) is 3.16. The van der Waals surface area contributed by atoms with Crippen LogP contribution in [0, 0.1) is 4.64 Å². The van der Waals surface area contributed by atoms with Crippen LogP contribution >= 0.6 is 12.2 Å². The van der Waals surface area contributed by atoms with E-state index in [1.807, 2.05) is 26.0 Å². The van der Waals surface area contributed by atoms with E-state index in [-0.39, 0.29) is 1.43 Å². The molecule has 1 heterocycles. The van der Waals surface area contributed by atoms with Gasteiger partial charge in [0.15, 0.2) is 0 Å². The first kappa shape index (κ1) is 10.9. The van der Waals surface area contributed by atoms with Crippen LogP contribution in [0.1, 0.15) is 21.7 Å². The maximum atomic E-state index is 5.03. The monoisotopic (exact) mass is 207 g/mol. The van der Waals surface area contributed by atoms with E-state index in [4.69, 9.17) is 12.2 Å². The fourth-order valence-electron chi connectivity index (χ4n) is 1.25. The van der Waals surface area contributed by atoms with Crippen LogP contribution in [-0.2, 0) is 0 Å². The molecule has 1 aliphatic carbocycles. The molecule has 0 atom stereocenters. The van der Waals surface area contributed by atoms with Gasteiger partial charge in [0.05, 0.1) is 0 Å². The Balaban J connectivity index is 0.000000617. The zero-order chi connectivity index (χ0) is 10.4. The molecule has 0 aliphatic heterocycles. The van der Waals surface area contributed by atoms with E-state index in [0.717, 1.165) is 16.4 Å². The van der Waals surface area contributed by atoms with Crippen LogP contribution in [0.3, 0.4) is 0 Å². The van der Waals surface area contributed by atoms with Crippen molar-refractivity contribution in [2.45, 2.75) is 20.3 Å². The summed E-state index contributed by atoms with van der Waals surface area (Å²) >= 11 is 5.03. The molecule has 1 aromatic rings. The second-order valence-corrected chi connectivity index (χ2v) is 3.17. The highest BCUT2D eigenvalue weighted by Gasteiger charge is 1.86. The third kappa shape index (κ3) is 2.67. The van der Waals surface area contributed by atoms with Gasteiger partial charge in [0.2, 0.25) is 0 Å². The van der Waals surface area contributed by atoms with Crippen molar-refractivity contribution in [1.29, 1.82) is 0 Å². The van der Waals surface area contributed by atoms with Crippen LogP contribution < -0.4 is 10.6 Å². The highest BCUT2D eigenvalue weighted by molar-refractivity contribution is 7.71. The highest BCUT2D eigenvalue weighted by atomic mass is 32.1. The van der Waals surface area contributed by atoms with Gasteiger partial charge in [-0.25, -0.2) is 0 Å². The third-order valence-corrected chi connectivity index (χ3v) is 2.09. The molecule has 1 nitrogen and oxygen atoms in total. The van der Waals surface area contributed by atoms with Crippen LogP contribution in [0.4, 0.5) is 0 Å². The second-order valence-electron chi connectivity index (χ2n) is 2.73. The van der Waals surface area contributed by atoms with Crippen LogP contribution in [0.25, 0.3) is 12.2 Å². The van der Waals surface area contributed by atoms with Crippen LogP contribution in [0.15, 0.2) is 24.3 Å². The minimum absolute atomic E-state index is 0.